The van der Waals surface area contributed by atoms with Crippen molar-refractivity contribution in [1.82, 2.24) is 5.32 Å². The third kappa shape index (κ3) is 6.55. The van der Waals surface area contributed by atoms with Gasteiger partial charge in [0.25, 0.3) is 15.7 Å². The summed E-state index contributed by atoms with van der Waals surface area (Å²) >= 11 is 1.42. The molecule has 0 heterocycles. The molecule has 0 unspecified atom stereocenters. The van der Waals surface area contributed by atoms with Crippen molar-refractivity contribution in [2.24, 2.45) is 0 Å². The number of rotatable bonds is 11. The quantitative estimate of drug-likeness (QED) is 0.241. The van der Waals surface area contributed by atoms with Gasteiger partial charge in [-0.2, -0.15) is 11.8 Å². The maximum Gasteiger partial charge on any atom is 0.271 e. The second-order valence-corrected chi connectivity index (χ2v) is 10.1. The standard InChI is InChI=1S/C23H22FN3O5S2/c24-22-12-5-4-7-18(22)17-33-14-13-25-23(28)16-26(19-8-6-9-20(15-19)27(29)30)34(31,32)21-10-2-1-3-11-21/h1-12,15H,13-14,16-17H2,(H,25,28). The van der Waals surface area contributed by atoms with Crippen molar-refractivity contribution in [3.8, 4) is 0 Å². The molecule has 0 fully saturated rings. The van der Waals surface area contributed by atoms with Crippen molar-refractivity contribution in [3.05, 3.63) is 100 Å². The summed E-state index contributed by atoms with van der Waals surface area (Å²) in [4.78, 5) is 23.1. The number of nitro groups is 1. The summed E-state index contributed by atoms with van der Waals surface area (Å²) in [5, 5.41) is 13.8. The van der Waals surface area contributed by atoms with Crippen molar-refractivity contribution < 1.29 is 22.5 Å². The van der Waals surface area contributed by atoms with Crippen LogP contribution in [0.15, 0.2) is 83.8 Å². The van der Waals surface area contributed by atoms with Crippen LogP contribution in [0.3, 0.4) is 0 Å². The molecule has 0 saturated carbocycles. The third-order valence-corrected chi connectivity index (χ3v) is 7.53. The Kier molecular flexibility index (Phi) is 8.61. The van der Waals surface area contributed by atoms with Crippen molar-refractivity contribution in [2.75, 3.05) is 23.1 Å². The van der Waals surface area contributed by atoms with Gasteiger partial charge in [0.05, 0.1) is 15.5 Å². The second-order valence-electron chi connectivity index (χ2n) is 7.10. The number of halogens is 1. The van der Waals surface area contributed by atoms with Gasteiger partial charge in [-0.1, -0.05) is 42.5 Å². The molecule has 3 aromatic carbocycles. The Hall–Kier alpha value is -3.44. The van der Waals surface area contributed by atoms with Crippen LogP contribution >= 0.6 is 11.8 Å². The molecule has 11 heteroatoms. The molecule has 3 rings (SSSR count). The minimum atomic E-state index is -4.16. The van der Waals surface area contributed by atoms with Crippen LogP contribution in [0.25, 0.3) is 0 Å². The molecule has 34 heavy (non-hydrogen) atoms. The molecule has 0 aliphatic heterocycles. The fourth-order valence-corrected chi connectivity index (χ4v) is 5.32. The van der Waals surface area contributed by atoms with Crippen molar-refractivity contribution in [2.45, 2.75) is 10.6 Å². The van der Waals surface area contributed by atoms with E-state index in [1.165, 1.54) is 48.2 Å². The van der Waals surface area contributed by atoms with E-state index in [-0.39, 0.29) is 28.6 Å². The van der Waals surface area contributed by atoms with Crippen molar-refractivity contribution in [1.29, 1.82) is 0 Å². The lowest BCUT2D eigenvalue weighted by molar-refractivity contribution is -0.384. The van der Waals surface area contributed by atoms with Gasteiger partial charge in [0, 0.05) is 30.2 Å². The SMILES string of the molecule is O=C(CN(c1cccc([N+](=O)[O-])c1)S(=O)(=O)c1ccccc1)NCCSCc1ccccc1F. The molecule has 0 aliphatic rings. The van der Waals surface area contributed by atoms with Crippen LogP contribution in [0.2, 0.25) is 0 Å². The maximum atomic E-state index is 13.7. The number of hydrogen-bond donors (Lipinski definition) is 1. The van der Waals surface area contributed by atoms with E-state index in [0.717, 1.165) is 10.4 Å². The molecular weight excluding hydrogens is 481 g/mol. The summed E-state index contributed by atoms with van der Waals surface area (Å²) in [5.74, 6) is 0.0582. The Morgan fingerprint density at radius 2 is 1.74 bits per heavy atom. The van der Waals surface area contributed by atoms with Crippen LogP contribution in [0.4, 0.5) is 15.8 Å². The van der Waals surface area contributed by atoms with Gasteiger partial charge in [-0.05, 0) is 29.8 Å². The molecule has 0 spiro atoms. The van der Waals surface area contributed by atoms with Gasteiger partial charge in [-0.25, -0.2) is 12.8 Å². The van der Waals surface area contributed by atoms with Gasteiger partial charge >= 0.3 is 0 Å². The van der Waals surface area contributed by atoms with Gasteiger partial charge < -0.3 is 5.32 Å². The fraction of sp³-hybridized carbons (Fsp3) is 0.174. The highest BCUT2D eigenvalue weighted by atomic mass is 32.2. The summed E-state index contributed by atoms with van der Waals surface area (Å²) < 4.78 is 41.0. The molecule has 0 atom stereocenters. The highest BCUT2D eigenvalue weighted by molar-refractivity contribution is 7.98. The highest BCUT2D eigenvalue weighted by Crippen LogP contribution is 2.26. The Morgan fingerprint density at radius 3 is 2.44 bits per heavy atom. The number of thioether (sulfide) groups is 1. The molecule has 0 saturated heterocycles. The van der Waals surface area contributed by atoms with Gasteiger partial charge in [0.2, 0.25) is 5.91 Å². The average molecular weight is 504 g/mol. The second kappa shape index (κ2) is 11.6. The molecule has 8 nitrogen and oxygen atoms in total. The summed E-state index contributed by atoms with van der Waals surface area (Å²) in [6.07, 6.45) is 0. The summed E-state index contributed by atoms with van der Waals surface area (Å²) in [7, 11) is -4.16. The number of amides is 1. The van der Waals surface area contributed by atoms with E-state index in [4.69, 9.17) is 0 Å². The van der Waals surface area contributed by atoms with Crippen LogP contribution in [0.1, 0.15) is 5.56 Å². The minimum absolute atomic E-state index is 0.00197. The number of nitrogens with zero attached hydrogens (tertiary/aromatic N) is 2. The predicted molar refractivity (Wildman–Crippen MR) is 130 cm³/mol. The van der Waals surface area contributed by atoms with Crippen LogP contribution in [0, 0.1) is 15.9 Å². The Morgan fingerprint density at radius 1 is 1.03 bits per heavy atom. The zero-order valence-corrected chi connectivity index (χ0v) is 19.6. The molecule has 1 amide bonds. The van der Waals surface area contributed by atoms with E-state index in [2.05, 4.69) is 5.32 Å². The number of hydrogen-bond acceptors (Lipinski definition) is 6. The monoisotopic (exact) mass is 503 g/mol. The highest BCUT2D eigenvalue weighted by Gasteiger charge is 2.28. The Balaban J connectivity index is 1.69. The molecular formula is C23H22FN3O5S2. The number of non-ortho nitro benzene ring substituents is 1. The molecule has 1 N–H and O–H groups in total. The topological polar surface area (TPSA) is 110 Å². The van der Waals surface area contributed by atoms with Crippen LogP contribution in [0.5, 0.6) is 0 Å². The molecule has 0 aliphatic carbocycles. The van der Waals surface area contributed by atoms with Crippen molar-refractivity contribution in [3.63, 3.8) is 0 Å². The largest absolute Gasteiger partial charge is 0.354 e. The van der Waals surface area contributed by atoms with E-state index >= 15 is 0 Å². The first-order valence-corrected chi connectivity index (χ1v) is 12.8. The van der Waals surface area contributed by atoms with Crippen LogP contribution in [-0.4, -0.2) is 38.1 Å². The first-order valence-electron chi connectivity index (χ1n) is 10.2. The predicted octanol–water partition coefficient (Wildman–Crippen LogP) is 3.98. The van der Waals surface area contributed by atoms with Gasteiger partial charge in [-0.15, -0.1) is 0 Å². The maximum absolute atomic E-state index is 13.7. The van der Waals surface area contributed by atoms with E-state index in [1.807, 2.05) is 0 Å². The fourth-order valence-electron chi connectivity index (χ4n) is 3.04. The Labute approximate surface area is 201 Å². The lowest BCUT2D eigenvalue weighted by Gasteiger charge is -2.24. The molecule has 0 radical (unpaired) electrons. The molecule has 3 aromatic rings. The first kappa shape index (κ1) is 25.2. The number of sulfonamides is 1. The van der Waals surface area contributed by atoms with E-state index in [9.17, 15) is 27.7 Å². The number of carbonyl (C=O) groups excluding carboxylic acids is 1. The van der Waals surface area contributed by atoms with E-state index < -0.39 is 27.4 Å². The van der Waals surface area contributed by atoms with Crippen LogP contribution < -0.4 is 9.62 Å². The summed E-state index contributed by atoms with van der Waals surface area (Å²) in [5.41, 5.74) is 0.266. The van der Waals surface area contributed by atoms with E-state index in [0.29, 0.717) is 17.1 Å². The number of nitro benzene ring substituents is 1. The summed E-state index contributed by atoms with van der Waals surface area (Å²) in [6, 6.07) is 19.0. The zero-order chi connectivity index (χ0) is 24.6. The van der Waals surface area contributed by atoms with Gasteiger partial charge in [0.15, 0.2) is 0 Å². The van der Waals surface area contributed by atoms with E-state index in [1.54, 1.807) is 36.4 Å². The zero-order valence-electron chi connectivity index (χ0n) is 18.0. The first-order chi connectivity index (χ1) is 16.3. The lowest BCUT2D eigenvalue weighted by Crippen LogP contribution is -2.41. The number of carbonyl (C=O) groups is 1. The lowest BCUT2D eigenvalue weighted by atomic mass is 10.2. The van der Waals surface area contributed by atoms with Crippen molar-refractivity contribution >= 4 is 39.1 Å². The normalized spacial score (nSPS) is 11.1. The van der Waals surface area contributed by atoms with Gasteiger partial charge in [-0.3, -0.25) is 19.2 Å². The number of nitrogens with one attached hydrogen (secondary N) is 1. The summed E-state index contributed by atoms with van der Waals surface area (Å²) in [6.45, 7) is -0.317. The van der Waals surface area contributed by atoms with Gasteiger partial charge in [0.1, 0.15) is 12.4 Å². The minimum Gasteiger partial charge on any atom is -0.354 e. The average Bonchev–Trinajstić information content (AvgIpc) is 2.84. The number of anilines is 1. The molecule has 0 aromatic heterocycles. The number of benzene rings is 3. The Bertz CT molecular complexity index is 1260. The van der Waals surface area contributed by atoms with Crippen LogP contribution in [-0.2, 0) is 20.6 Å². The molecule has 0 bridgehead atoms. The molecule has 178 valence electrons. The smallest absolute Gasteiger partial charge is 0.271 e. The third-order valence-electron chi connectivity index (χ3n) is 4.73.